The molecule has 1 aromatic rings. The van der Waals surface area contributed by atoms with Crippen LogP contribution < -0.4 is 14.8 Å². The smallest absolute Gasteiger partial charge is 0.240 e. The molecule has 2 heterocycles. The fourth-order valence-electron chi connectivity index (χ4n) is 2.74. The number of aryl methyl sites for hydroxylation is 1. The van der Waals surface area contributed by atoms with Gasteiger partial charge in [0, 0.05) is 12.6 Å². The molecule has 20 heavy (non-hydrogen) atoms. The van der Waals surface area contributed by atoms with Crippen LogP contribution in [0.3, 0.4) is 0 Å². The fraction of sp³-hybridized carbons (Fsp3) is 0.571. The molecule has 0 radical (unpaired) electrons. The summed E-state index contributed by atoms with van der Waals surface area (Å²) in [7, 11) is -3.44. The molecule has 0 amide bonds. The molecule has 5 nitrogen and oxygen atoms in total. The maximum atomic E-state index is 12.4. The third-order valence-electron chi connectivity index (χ3n) is 3.81. The van der Waals surface area contributed by atoms with Crippen LogP contribution in [0.1, 0.15) is 24.8 Å². The molecular weight excluding hydrogens is 276 g/mol. The third-order valence-corrected chi connectivity index (χ3v) is 5.33. The Labute approximate surface area is 119 Å². The van der Waals surface area contributed by atoms with Crippen LogP contribution in [0.2, 0.25) is 0 Å². The summed E-state index contributed by atoms with van der Waals surface area (Å²) < 4.78 is 33.1. The first-order valence-corrected chi connectivity index (χ1v) is 8.62. The molecule has 1 aromatic carbocycles. The number of hydrogen-bond acceptors (Lipinski definition) is 4. The van der Waals surface area contributed by atoms with Crippen molar-refractivity contribution in [2.75, 3.05) is 19.7 Å². The van der Waals surface area contributed by atoms with Crippen molar-refractivity contribution in [1.82, 2.24) is 10.0 Å². The van der Waals surface area contributed by atoms with Crippen LogP contribution in [-0.4, -0.2) is 34.2 Å². The first-order valence-electron chi connectivity index (χ1n) is 7.14. The summed E-state index contributed by atoms with van der Waals surface area (Å²) in [6.45, 7) is 2.38. The molecule has 1 unspecified atom stereocenters. The van der Waals surface area contributed by atoms with E-state index in [0.29, 0.717) is 18.0 Å². The lowest BCUT2D eigenvalue weighted by atomic mass is 10.1. The van der Waals surface area contributed by atoms with Crippen molar-refractivity contribution < 1.29 is 13.2 Å². The average Bonchev–Trinajstić information content (AvgIpc) is 2.47. The van der Waals surface area contributed by atoms with Crippen molar-refractivity contribution in [3.63, 3.8) is 0 Å². The maximum Gasteiger partial charge on any atom is 0.240 e. The molecule has 2 aliphatic rings. The van der Waals surface area contributed by atoms with Gasteiger partial charge in [-0.25, -0.2) is 13.1 Å². The summed E-state index contributed by atoms with van der Waals surface area (Å²) in [4.78, 5) is 0.340. The van der Waals surface area contributed by atoms with Gasteiger partial charge in [-0.05, 0) is 56.0 Å². The second-order valence-corrected chi connectivity index (χ2v) is 7.10. The molecule has 1 saturated heterocycles. The Morgan fingerprint density at radius 1 is 1.30 bits per heavy atom. The minimum Gasteiger partial charge on any atom is -0.493 e. The molecule has 1 atom stereocenters. The largest absolute Gasteiger partial charge is 0.493 e. The molecule has 0 aromatic heterocycles. The van der Waals surface area contributed by atoms with Crippen molar-refractivity contribution in [2.24, 2.45) is 0 Å². The van der Waals surface area contributed by atoms with Gasteiger partial charge in [-0.15, -0.1) is 0 Å². The van der Waals surface area contributed by atoms with E-state index in [2.05, 4.69) is 10.0 Å². The molecular formula is C14H20N2O3S. The Balaban J connectivity index is 1.79. The number of sulfonamides is 1. The highest BCUT2D eigenvalue weighted by atomic mass is 32.2. The Morgan fingerprint density at radius 3 is 3.00 bits per heavy atom. The number of benzene rings is 1. The van der Waals surface area contributed by atoms with Gasteiger partial charge in [0.25, 0.3) is 0 Å². The van der Waals surface area contributed by atoms with Gasteiger partial charge in [-0.2, -0.15) is 0 Å². The van der Waals surface area contributed by atoms with Crippen LogP contribution >= 0.6 is 0 Å². The van der Waals surface area contributed by atoms with E-state index in [-0.39, 0.29) is 6.04 Å². The zero-order valence-corrected chi connectivity index (χ0v) is 12.2. The maximum absolute atomic E-state index is 12.4. The van der Waals surface area contributed by atoms with Crippen LogP contribution in [0.15, 0.2) is 23.1 Å². The molecule has 0 aliphatic carbocycles. The zero-order valence-electron chi connectivity index (χ0n) is 11.4. The van der Waals surface area contributed by atoms with E-state index in [1.807, 2.05) is 0 Å². The fourth-order valence-corrected chi connectivity index (χ4v) is 4.06. The molecule has 2 aliphatic heterocycles. The number of ether oxygens (including phenoxy) is 1. The van der Waals surface area contributed by atoms with Gasteiger partial charge in [-0.3, -0.25) is 0 Å². The minimum atomic E-state index is -3.44. The van der Waals surface area contributed by atoms with E-state index in [1.165, 1.54) is 0 Å². The van der Waals surface area contributed by atoms with Crippen LogP contribution in [0.5, 0.6) is 5.75 Å². The van der Waals surface area contributed by atoms with Crippen molar-refractivity contribution in [3.8, 4) is 5.75 Å². The van der Waals surface area contributed by atoms with Crippen LogP contribution in [0.4, 0.5) is 0 Å². The Bertz CT molecular complexity index is 580. The highest BCUT2D eigenvalue weighted by Crippen LogP contribution is 2.27. The van der Waals surface area contributed by atoms with E-state index in [9.17, 15) is 8.42 Å². The summed E-state index contributed by atoms with van der Waals surface area (Å²) in [6, 6.07) is 5.12. The van der Waals surface area contributed by atoms with E-state index in [4.69, 9.17) is 4.74 Å². The standard InChI is InChI=1S/C14H20N2O3S/c17-20(18,16-12-4-1-7-15-10-12)13-5-6-14-11(9-13)3-2-8-19-14/h5-6,9,12,15-16H,1-4,7-8,10H2. The van der Waals surface area contributed by atoms with Gasteiger partial charge < -0.3 is 10.1 Å². The summed E-state index contributed by atoms with van der Waals surface area (Å²) in [5, 5.41) is 3.21. The summed E-state index contributed by atoms with van der Waals surface area (Å²) in [5.74, 6) is 0.814. The highest BCUT2D eigenvalue weighted by Gasteiger charge is 2.23. The lowest BCUT2D eigenvalue weighted by molar-refractivity contribution is 0.288. The number of fused-ring (bicyclic) bond motifs is 1. The number of hydrogen-bond donors (Lipinski definition) is 2. The summed E-state index contributed by atoms with van der Waals surface area (Å²) >= 11 is 0. The van der Waals surface area contributed by atoms with Gasteiger partial charge in [0.15, 0.2) is 0 Å². The Kier molecular flexibility index (Phi) is 3.96. The number of piperidine rings is 1. The molecule has 110 valence electrons. The average molecular weight is 296 g/mol. The van der Waals surface area contributed by atoms with Gasteiger partial charge in [0.1, 0.15) is 5.75 Å². The second kappa shape index (κ2) is 5.71. The minimum absolute atomic E-state index is 0.0129. The molecule has 2 N–H and O–H groups in total. The van der Waals surface area contributed by atoms with Crippen LogP contribution in [0.25, 0.3) is 0 Å². The second-order valence-electron chi connectivity index (χ2n) is 5.39. The van der Waals surface area contributed by atoms with E-state index < -0.39 is 10.0 Å². The molecule has 1 fully saturated rings. The molecule has 0 bridgehead atoms. The van der Waals surface area contributed by atoms with Gasteiger partial charge in [0.2, 0.25) is 10.0 Å². The zero-order chi connectivity index (χ0) is 14.0. The lowest BCUT2D eigenvalue weighted by Crippen LogP contribution is -2.45. The van der Waals surface area contributed by atoms with Crippen molar-refractivity contribution >= 4 is 10.0 Å². The SMILES string of the molecule is O=S(=O)(NC1CCCNC1)c1ccc2c(c1)CCCO2. The molecule has 3 rings (SSSR count). The third kappa shape index (κ3) is 2.97. The lowest BCUT2D eigenvalue weighted by Gasteiger charge is -2.24. The van der Waals surface area contributed by atoms with E-state index >= 15 is 0 Å². The van der Waals surface area contributed by atoms with Gasteiger partial charge >= 0.3 is 0 Å². The quantitative estimate of drug-likeness (QED) is 0.874. The monoisotopic (exact) mass is 296 g/mol. The predicted molar refractivity (Wildman–Crippen MR) is 76.5 cm³/mol. The number of rotatable bonds is 3. The first-order chi connectivity index (χ1) is 9.65. The molecule has 6 heteroatoms. The van der Waals surface area contributed by atoms with Crippen molar-refractivity contribution in [3.05, 3.63) is 23.8 Å². The molecule has 0 saturated carbocycles. The molecule has 0 spiro atoms. The summed E-state index contributed by atoms with van der Waals surface area (Å²) in [5.41, 5.74) is 0.987. The predicted octanol–water partition coefficient (Wildman–Crippen LogP) is 1.04. The Morgan fingerprint density at radius 2 is 2.20 bits per heavy atom. The van der Waals surface area contributed by atoms with Gasteiger partial charge in [-0.1, -0.05) is 0 Å². The first kappa shape index (κ1) is 13.9. The van der Waals surface area contributed by atoms with Crippen LogP contribution in [-0.2, 0) is 16.4 Å². The van der Waals surface area contributed by atoms with Crippen molar-refractivity contribution in [1.29, 1.82) is 0 Å². The number of nitrogens with one attached hydrogen (secondary N) is 2. The van der Waals surface area contributed by atoms with Crippen molar-refractivity contribution in [2.45, 2.75) is 36.6 Å². The van der Waals surface area contributed by atoms with Crippen LogP contribution in [0, 0.1) is 0 Å². The normalized spacial score (nSPS) is 22.9. The van der Waals surface area contributed by atoms with E-state index in [0.717, 1.165) is 43.5 Å². The van der Waals surface area contributed by atoms with Gasteiger partial charge in [0.05, 0.1) is 11.5 Å². The Hall–Kier alpha value is -1.11. The highest BCUT2D eigenvalue weighted by molar-refractivity contribution is 7.89. The topological polar surface area (TPSA) is 67.4 Å². The van der Waals surface area contributed by atoms with E-state index in [1.54, 1.807) is 18.2 Å². The summed E-state index contributed by atoms with van der Waals surface area (Å²) in [6.07, 6.45) is 3.71.